The van der Waals surface area contributed by atoms with Gasteiger partial charge in [-0.1, -0.05) is 9.59 Å². The fourth-order valence-electron chi connectivity index (χ4n) is 0.668. The number of thiazole rings is 1. The van der Waals surface area contributed by atoms with Crippen LogP contribution in [0.3, 0.4) is 0 Å². The molecule has 2 heterocycles. The zero-order chi connectivity index (χ0) is 9.10. The predicted octanol–water partition coefficient (Wildman–Crippen LogP) is 0.642. The second-order valence-electron chi connectivity index (χ2n) is 2.00. The van der Waals surface area contributed by atoms with Crippen LogP contribution in [0.4, 0.5) is 5.13 Å². The van der Waals surface area contributed by atoms with Crippen molar-refractivity contribution in [2.45, 2.75) is 0 Å². The Labute approximate surface area is 80.8 Å². The molecule has 0 unspecified atom stereocenters. The van der Waals surface area contributed by atoms with Gasteiger partial charge in [-0.2, -0.15) is 0 Å². The lowest BCUT2D eigenvalue weighted by molar-refractivity contribution is 0.102. The van der Waals surface area contributed by atoms with Crippen molar-refractivity contribution in [1.82, 2.24) is 19.8 Å². The maximum atomic E-state index is 11.3. The monoisotopic (exact) mass is 213 g/mol. The first kappa shape index (κ1) is 8.20. The molecule has 8 heteroatoms. The Bertz CT molecular complexity index is 383. The molecule has 0 aliphatic rings. The fourth-order valence-corrected chi connectivity index (χ4v) is 1.56. The maximum absolute atomic E-state index is 11.3. The van der Waals surface area contributed by atoms with Gasteiger partial charge in [0.05, 0.1) is 5.51 Å². The van der Waals surface area contributed by atoms with Crippen molar-refractivity contribution in [1.29, 1.82) is 0 Å². The van der Waals surface area contributed by atoms with Crippen molar-refractivity contribution >= 4 is 33.9 Å². The molecule has 1 amide bonds. The fraction of sp³-hybridized carbons (Fsp3) is 0. The molecule has 6 nitrogen and oxygen atoms in total. The van der Waals surface area contributed by atoms with Crippen molar-refractivity contribution in [3.05, 3.63) is 16.6 Å². The Hall–Kier alpha value is -1.41. The third-order valence-corrected chi connectivity index (χ3v) is 2.28. The third kappa shape index (κ3) is 1.84. The van der Waals surface area contributed by atoms with E-state index in [1.165, 1.54) is 11.3 Å². The Morgan fingerprint density at radius 2 is 2.46 bits per heavy atom. The number of hydrogen-bond acceptors (Lipinski definition) is 7. The van der Waals surface area contributed by atoms with Crippen LogP contribution in [0.5, 0.6) is 0 Å². The van der Waals surface area contributed by atoms with Crippen LogP contribution in [0.2, 0.25) is 0 Å². The molecular formula is C5H3N5OS2. The lowest BCUT2D eigenvalue weighted by Crippen LogP contribution is -2.11. The van der Waals surface area contributed by atoms with Crippen molar-refractivity contribution in [2.24, 2.45) is 0 Å². The van der Waals surface area contributed by atoms with Crippen LogP contribution in [0.1, 0.15) is 10.5 Å². The standard InChI is InChI=1S/C5H3N5OS2/c11-4(3-1-12-2-6-3)7-5-8-9-10-13-5/h1-2H,(H,7,8,10,11). The highest BCUT2D eigenvalue weighted by Crippen LogP contribution is 2.08. The summed E-state index contributed by atoms with van der Waals surface area (Å²) >= 11 is 2.38. The summed E-state index contributed by atoms with van der Waals surface area (Å²) in [6.07, 6.45) is 0. The molecular weight excluding hydrogens is 210 g/mol. The summed E-state index contributed by atoms with van der Waals surface area (Å²) in [7, 11) is 0. The van der Waals surface area contributed by atoms with E-state index in [1.807, 2.05) is 0 Å². The number of amides is 1. The number of nitrogens with one attached hydrogen (secondary N) is 1. The zero-order valence-electron chi connectivity index (χ0n) is 6.17. The molecule has 0 saturated carbocycles. The minimum Gasteiger partial charge on any atom is -0.294 e. The van der Waals surface area contributed by atoms with Gasteiger partial charge in [0.2, 0.25) is 5.13 Å². The first-order valence-corrected chi connectivity index (χ1v) is 4.92. The van der Waals surface area contributed by atoms with E-state index >= 15 is 0 Å². The van der Waals surface area contributed by atoms with E-state index in [2.05, 4.69) is 25.1 Å². The summed E-state index contributed by atoms with van der Waals surface area (Å²) < 4.78 is 3.50. The highest BCUT2D eigenvalue weighted by atomic mass is 32.1. The van der Waals surface area contributed by atoms with Crippen molar-refractivity contribution in [3.63, 3.8) is 0 Å². The molecule has 66 valence electrons. The van der Waals surface area contributed by atoms with Crippen LogP contribution in [0.25, 0.3) is 0 Å². The number of aromatic nitrogens is 4. The van der Waals surface area contributed by atoms with Gasteiger partial charge in [-0.3, -0.25) is 10.1 Å². The van der Waals surface area contributed by atoms with Crippen LogP contribution in [-0.4, -0.2) is 25.7 Å². The summed E-state index contributed by atoms with van der Waals surface area (Å²) in [4.78, 5) is 15.2. The number of hydrogen-bond donors (Lipinski definition) is 1. The molecule has 0 fully saturated rings. The molecule has 0 bridgehead atoms. The molecule has 0 saturated heterocycles. The van der Waals surface area contributed by atoms with Crippen LogP contribution in [-0.2, 0) is 0 Å². The maximum Gasteiger partial charge on any atom is 0.276 e. The number of nitrogens with zero attached hydrogens (tertiary/aromatic N) is 4. The molecule has 0 aliphatic carbocycles. The van der Waals surface area contributed by atoms with Crippen molar-refractivity contribution in [3.8, 4) is 0 Å². The summed E-state index contributed by atoms with van der Waals surface area (Å²) in [5, 5.41) is 11.5. The SMILES string of the molecule is O=C(Nc1nnns1)c1cscn1. The summed E-state index contributed by atoms with van der Waals surface area (Å²) in [5.74, 6) is -0.292. The lowest BCUT2D eigenvalue weighted by atomic mass is 10.5. The van der Waals surface area contributed by atoms with E-state index in [1.54, 1.807) is 10.9 Å². The second-order valence-corrected chi connectivity index (χ2v) is 3.45. The molecule has 0 aromatic carbocycles. The van der Waals surface area contributed by atoms with E-state index in [0.29, 0.717) is 10.8 Å². The predicted molar refractivity (Wildman–Crippen MR) is 47.8 cm³/mol. The average Bonchev–Trinajstić information content (AvgIpc) is 2.74. The van der Waals surface area contributed by atoms with Crippen molar-refractivity contribution < 1.29 is 4.79 Å². The van der Waals surface area contributed by atoms with Gasteiger partial charge in [0.25, 0.3) is 5.91 Å². The average molecular weight is 213 g/mol. The number of carbonyl (C=O) groups is 1. The smallest absolute Gasteiger partial charge is 0.276 e. The largest absolute Gasteiger partial charge is 0.294 e. The Balaban J connectivity index is 2.08. The molecule has 1 N–H and O–H groups in total. The van der Waals surface area contributed by atoms with E-state index in [4.69, 9.17) is 0 Å². The summed E-state index contributed by atoms with van der Waals surface area (Å²) in [5.41, 5.74) is 1.97. The Kier molecular flexibility index (Phi) is 2.23. The molecule has 0 atom stereocenters. The van der Waals surface area contributed by atoms with Crippen molar-refractivity contribution in [2.75, 3.05) is 5.32 Å². The molecule has 13 heavy (non-hydrogen) atoms. The molecule has 2 rings (SSSR count). The van der Waals surface area contributed by atoms with Gasteiger partial charge in [-0.05, 0) is 5.21 Å². The minimum absolute atomic E-state index is 0.292. The van der Waals surface area contributed by atoms with E-state index in [-0.39, 0.29) is 5.91 Å². The van der Waals surface area contributed by atoms with Gasteiger partial charge >= 0.3 is 0 Å². The molecule has 0 radical (unpaired) electrons. The quantitative estimate of drug-likeness (QED) is 0.791. The summed E-state index contributed by atoms with van der Waals surface area (Å²) in [6.45, 7) is 0. The topological polar surface area (TPSA) is 80.7 Å². The molecule has 2 aromatic heterocycles. The van der Waals surface area contributed by atoms with E-state index < -0.39 is 0 Å². The second kappa shape index (κ2) is 3.54. The summed E-state index contributed by atoms with van der Waals surface area (Å²) in [6, 6.07) is 0. The molecule has 0 aliphatic heterocycles. The van der Waals surface area contributed by atoms with Gasteiger partial charge in [-0.25, -0.2) is 4.98 Å². The number of rotatable bonds is 2. The van der Waals surface area contributed by atoms with E-state index in [0.717, 1.165) is 11.5 Å². The normalized spacial score (nSPS) is 9.85. The van der Waals surface area contributed by atoms with Crippen LogP contribution in [0, 0.1) is 0 Å². The van der Waals surface area contributed by atoms with Gasteiger partial charge in [0, 0.05) is 16.9 Å². The zero-order valence-corrected chi connectivity index (χ0v) is 7.80. The van der Waals surface area contributed by atoms with Crippen LogP contribution >= 0.6 is 22.9 Å². The van der Waals surface area contributed by atoms with Gasteiger partial charge in [0.15, 0.2) is 0 Å². The van der Waals surface area contributed by atoms with Gasteiger partial charge in [-0.15, -0.1) is 11.3 Å². The van der Waals surface area contributed by atoms with Gasteiger partial charge in [0.1, 0.15) is 5.69 Å². The minimum atomic E-state index is -0.292. The lowest BCUT2D eigenvalue weighted by Gasteiger charge is -1.94. The van der Waals surface area contributed by atoms with Crippen LogP contribution < -0.4 is 5.32 Å². The number of carbonyl (C=O) groups excluding carboxylic acids is 1. The first-order valence-electron chi connectivity index (χ1n) is 3.21. The Morgan fingerprint density at radius 3 is 3.08 bits per heavy atom. The van der Waals surface area contributed by atoms with Gasteiger partial charge < -0.3 is 0 Å². The highest BCUT2D eigenvalue weighted by Gasteiger charge is 2.09. The van der Waals surface area contributed by atoms with E-state index in [9.17, 15) is 4.79 Å². The highest BCUT2D eigenvalue weighted by molar-refractivity contribution is 7.09. The van der Waals surface area contributed by atoms with Crippen LogP contribution in [0.15, 0.2) is 10.9 Å². The Morgan fingerprint density at radius 1 is 1.54 bits per heavy atom. The molecule has 2 aromatic rings. The number of anilines is 1. The molecule has 0 spiro atoms. The third-order valence-electron chi connectivity index (χ3n) is 1.18. The first-order chi connectivity index (χ1) is 6.36.